The number of aryl methyl sites for hydroxylation is 1. The lowest BCUT2D eigenvalue weighted by Gasteiger charge is -2.42. The van der Waals surface area contributed by atoms with Crippen molar-refractivity contribution in [3.63, 3.8) is 0 Å². The summed E-state index contributed by atoms with van der Waals surface area (Å²) in [5.74, 6) is 1.70. The van der Waals surface area contributed by atoms with E-state index in [1.165, 1.54) is 0 Å². The second-order valence-electron chi connectivity index (χ2n) is 10.2. The molecule has 2 aliphatic rings. The van der Waals surface area contributed by atoms with Crippen molar-refractivity contribution in [2.75, 3.05) is 22.9 Å². The number of nitrogens with zero attached hydrogens (tertiary/aromatic N) is 7. The highest BCUT2D eigenvalue weighted by atomic mass is 16.1. The average molecular weight is 432 g/mol. The number of nitriles is 1. The van der Waals surface area contributed by atoms with Crippen LogP contribution in [0.25, 0.3) is 11.2 Å². The van der Waals surface area contributed by atoms with E-state index in [0.29, 0.717) is 24.2 Å². The molecule has 0 spiro atoms. The lowest BCUT2D eigenvalue weighted by molar-refractivity contribution is 0.342. The number of piperazine rings is 1. The van der Waals surface area contributed by atoms with Crippen LogP contribution >= 0.6 is 0 Å². The normalized spacial score (nSPS) is 20.7. The Bertz CT molecular complexity index is 1260. The summed E-state index contributed by atoms with van der Waals surface area (Å²) in [6, 6.07) is 10.6. The molecule has 3 aromatic heterocycles. The summed E-state index contributed by atoms with van der Waals surface area (Å²) in [6.45, 7) is 8.70. The highest BCUT2D eigenvalue weighted by molar-refractivity contribution is 5.74. The molecule has 2 bridgehead atoms. The minimum Gasteiger partial charge on any atom is -0.352 e. The molecule has 166 valence electrons. The van der Waals surface area contributed by atoms with Crippen LogP contribution in [-0.4, -0.2) is 44.3 Å². The molecule has 2 saturated heterocycles. The number of hydrogen-bond donors (Lipinski definition) is 0. The van der Waals surface area contributed by atoms with E-state index >= 15 is 0 Å². The molecule has 0 radical (unpaired) electrons. The van der Waals surface area contributed by atoms with Gasteiger partial charge in [0, 0.05) is 45.0 Å². The van der Waals surface area contributed by atoms with Crippen LogP contribution in [0.5, 0.6) is 0 Å². The summed E-state index contributed by atoms with van der Waals surface area (Å²) in [5, 5.41) is 9.53. The van der Waals surface area contributed by atoms with E-state index in [0.717, 1.165) is 48.7 Å². The molecular formula is C24H29N7O. The van der Waals surface area contributed by atoms with Crippen LogP contribution in [0.15, 0.2) is 35.3 Å². The molecule has 2 aliphatic heterocycles. The van der Waals surface area contributed by atoms with Gasteiger partial charge in [0.2, 0.25) is 0 Å². The third-order valence-electron chi connectivity index (χ3n) is 6.56. The highest BCUT2D eigenvalue weighted by Crippen LogP contribution is 2.36. The summed E-state index contributed by atoms with van der Waals surface area (Å²) in [5.41, 5.74) is 2.21. The summed E-state index contributed by atoms with van der Waals surface area (Å²) >= 11 is 0. The molecule has 2 unspecified atom stereocenters. The maximum atomic E-state index is 12.9. The monoisotopic (exact) mass is 431 g/mol. The molecule has 0 aromatic carbocycles. The minimum absolute atomic E-state index is 0.0000576. The topological polar surface area (TPSA) is 83.0 Å². The molecular weight excluding hydrogens is 402 g/mol. The predicted molar refractivity (Wildman–Crippen MR) is 125 cm³/mol. The quantitative estimate of drug-likeness (QED) is 0.634. The number of hydrogen-bond acceptors (Lipinski definition) is 6. The summed E-state index contributed by atoms with van der Waals surface area (Å²) in [7, 11) is 1.80. The smallest absolute Gasteiger partial charge is 0.330 e. The summed E-state index contributed by atoms with van der Waals surface area (Å²) in [4.78, 5) is 27.0. The molecule has 0 aliphatic carbocycles. The number of rotatable bonds is 3. The summed E-state index contributed by atoms with van der Waals surface area (Å²) in [6.07, 6.45) is 3.91. The SMILES string of the molecule is Cn1c(=O)n(CC(C)(C)C)c2ccc(N3CC4CCC(C3)N4c3ncccc3C#N)nc21. The van der Waals surface area contributed by atoms with E-state index in [2.05, 4.69) is 41.6 Å². The van der Waals surface area contributed by atoms with Crippen LogP contribution in [0.2, 0.25) is 0 Å². The Labute approximate surface area is 187 Å². The molecule has 8 nitrogen and oxygen atoms in total. The highest BCUT2D eigenvalue weighted by Gasteiger charge is 2.42. The van der Waals surface area contributed by atoms with E-state index in [4.69, 9.17) is 4.98 Å². The van der Waals surface area contributed by atoms with Crippen molar-refractivity contribution >= 4 is 22.8 Å². The van der Waals surface area contributed by atoms with Gasteiger partial charge in [-0.05, 0) is 42.5 Å². The zero-order chi connectivity index (χ0) is 22.6. The minimum atomic E-state index is -0.0244. The molecule has 3 aromatic rings. The Kier molecular flexibility index (Phi) is 4.73. The first-order valence-corrected chi connectivity index (χ1v) is 11.2. The van der Waals surface area contributed by atoms with Gasteiger partial charge in [-0.2, -0.15) is 5.26 Å². The van der Waals surface area contributed by atoms with E-state index in [-0.39, 0.29) is 11.1 Å². The van der Waals surface area contributed by atoms with Gasteiger partial charge in [-0.25, -0.2) is 14.8 Å². The van der Waals surface area contributed by atoms with E-state index in [1.54, 1.807) is 17.8 Å². The van der Waals surface area contributed by atoms with Crippen molar-refractivity contribution in [3.05, 3.63) is 46.5 Å². The van der Waals surface area contributed by atoms with Gasteiger partial charge in [0.15, 0.2) is 5.65 Å². The molecule has 0 saturated carbocycles. The van der Waals surface area contributed by atoms with Gasteiger partial charge in [0.1, 0.15) is 17.7 Å². The maximum Gasteiger partial charge on any atom is 0.330 e. The Morgan fingerprint density at radius 1 is 1.16 bits per heavy atom. The van der Waals surface area contributed by atoms with Crippen molar-refractivity contribution < 1.29 is 0 Å². The van der Waals surface area contributed by atoms with Gasteiger partial charge in [-0.3, -0.25) is 9.13 Å². The van der Waals surface area contributed by atoms with Crippen LogP contribution < -0.4 is 15.5 Å². The Balaban J connectivity index is 1.46. The van der Waals surface area contributed by atoms with E-state index < -0.39 is 0 Å². The zero-order valence-electron chi connectivity index (χ0n) is 19.1. The van der Waals surface area contributed by atoms with Crippen LogP contribution in [0.3, 0.4) is 0 Å². The van der Waals surface area contributed by atoms with Crippen LogP contribution in [-0.2, 0) is 13.6 Å². The zero-order valence-corrected chi connectivity index (χ0v) is 19.1. The van der Waals surface area contributed by atoms with Crippen molar-refractivity contribution in [2.24, 2.45) is 12.5 Å². The molecule has 5 rings (SSSR count). The lowest BCUT2D eigenvalue weighted by Crippen LogP contribution is -2.54. The molecule has 32 heavy (non-hydrogen) atoms. The third-order valence-corrected chi connectivity index (χ3v) is 6.56. The van der Waals surface area contributed by atoms with Gasteiger partial charge in [-0.15, -0.1) is 0 Å². The molecule has 8 heteroatoms. The molecule has 0 amide bonds. The fourth-order valence-corrected chi connectivity index (χ4v) is 5.19. The van der Waals surface area contributed by atoms with Gasteiger partial charge >= 0.3 is 5.69 Å². The van der Waals surface area contributed by atoms with Crippen LogP contribution in [0, 0.1) is 16.7 Å². The fraction of sp³-hybridized carbons (Fsp3) is 0.500. The number of aromatic nitrogens is 4. The Morgan fingerprint density at radius 3 is 2.53 bits per heavy atom. The first-order valence-electron chi connectivity index (χ1n) is 11.2. The predicted octanol–water partition coefficient (Wildman–Crippen LogP) is 2.91. The second-order valence-corrected chi connectivity index (χ2v) is 10.2. The number of pyridine rings is 2. The van der Waals surface area contributed by atoms with E-state index in [1.807, 2.05) is 28.8 Å². The number of anilines is 2. The number of imidazole rings is 1. The second kappa shape index (κ2) is 7.37. The largest absolute Gasteiger partial charge is 0.352 e. The first-order chi connectivity index (χ1) is 15.3. The van der Waals surface area contributed by atoms with E-state index in [9.17, 15) is 10.1 Å². The lowest BCUT2D eigenvalue weighted by atomic mass is 9.97. The van der Waals surface area contributed by atoms with Crippen LogP contribution in [0.4, 0.5) is 11.6 Å². The van der Waals surface area contributed by atoms with Crippen molar-refractivity contribution in [2.45, 2.75) is 52.2 Å². The van der Waals surface area contributed by atoms with Crippen molar-refractivity contribution in [3.8, 4) is 6.07 Å². The molecule has 5 heterocycles. The third kappa shape index (κ3) is 3.32. The van der Waals surface area contributed by atoms with Crippen molar-refractivity contribution in [1.29, 1.82) is 5.26 Å². The first kappa shape index (κ1) is 20.6. The molecule has 2 fully saturated rings. The van der Waals surface area contributed by atoms with Gasteiger partial charge in [0.05, 0.1) is 11.1 Å². The Morgan fingerprint density at radius 2 is 1.88 bits per heavy atom. The maximum absolute atomic E-state index is 12.9. The molecule has 0 N–H and O–H groups in total. The van der Waals surface area contributed by atoms with Gasteiger partial charge < -0.3 is 9.80 Å². The number of fused-ring (bicyclic) bond motifs is 3. The Hall–Kier alpha value is -3.34. The van der Waals surface area contributed by atoms with Gasteiger partial charge in [-0.1, -0.05) is 20.8 Å². The van der Waals surface area contributed by atoms with Crippen LogP contribution in [0.1, 0.15) is 39.2 Å². The fourth-order valence-electron chi connectivity index (χ4n) is 5.19. The standard InChI is InChI=1S/C24H29N7O/c1-24(2,3)15-30-19-9-10-20(27-22(19)28(4)23(30)32)29-13-17-7-8-18(14-29)31(17)21-16(12-25)6-5-11-26-21/h5-6,9-11,17-18H,7-8,13-15H2,1-4H3. The average Bonchev–Trinajstić information content (AvgIpc) is 3.16. The van der Waals surface area contributed by atoms with Crippen molar-refractivity contribution in [1.82, 2.24) is 19.1 Å². The summed E-state index contributed by atoms with van der Waals surface area (Å²) < 4.78 is 3.49. The van der Waals surface area contributed by atoms with Gasteiger partial charge in [0.25, 0.3) is 0 Å². The molecule has 2 atom stereocenters.